The third-order valence-electron chi connectivity index (χ3n) is 4.14. The number of hydrogen-bond donors (Lipinski definition) is 3. The van der Waals surface area contributed by atoms with Gasteiger partial charge in [0.05, 0.1) is 12.3 Å². The maximum atomic E-state index is 12.1. The van der Waals surface area contributed by atoms with Gasteiger partial charge in [-0.05, 0) is 31.5 Å². The Morgan fingerprint density at radius 2 is 1.93 bits per heavy atom. The van der Waals surface area contributed by atoms with Crippen LogP contribution in [-0.4, -0.2) is 34.4 Å². The van der Waals surface area contributed by atoms with Gasteiger partial charge in [-0.1, -0.05) is 42.0 Å². The molecule has 0 radical (unpaired) electrons. The predicted octanol–water partition coefficient (Wildman–Crippen LogP) is 3.47. The number of benzene rings is 2. The number of para-hydroxylation sites is 2. The number of aromatic nitrogens is 3. The van der Waals surface area contributed by atoms with Crippen molar-refractivity contribution in [2.75, 3.05) is 18.5 Å². The van der Waals surface area contributed by atoms with Gasteiger partial charge in [0.25, 0.3) is 0 Å². The summed E-state index contributed by atoms with van der Waals surface area (Å²) in [7, 11) is 0. The lowest BCUT2D eigenvalue weighted by atomic mass is 10.1. The standard InChI is InChI=1S/C21H25N5O2/c1-3-28-18-7-5-4-6-17(18)23-21(27)22-13-12-19-24-20(26-25-19)14-16-10-8-15(2)9-11-16/h4-11H,3,12-14H2,1-2H3,(H2,22,23,27)(H,24,25,26). The molecule has 0 spiro atoms. The van der Waals surface area contributed by atoms with Gasteiger partial charge in [-0.15, -0.1) is 0 Å². The van der Waals surface area contributed by atoms with Crippen LogP contribution in [0.1, 0.15) is 29.7 Å². The van der Waals surface area contributed by atoms with Crippen LogP contribution in [0, 0.1) is 6.92 Å². The fraction of sp³-hybridized carbons (Fsp3) is 0.286. The van der Waals surface area contributed by atoms with Gasteiger partial charge >= 0.3 is 6.03 Å². The highest BCUT2D eigenvalue weighted by Gasteiger charge is 2.08. The first-order valence-corrected chi connectivity index (χ1v) is 9.36. The quantitative estimate of drug-likeness (QED) is 0.559. The summed E-state index contributed by atoms with van der Waals surface area (Å²) in [6, 6.07) is 15.4. The number of urea groups is 1. The van der Waals surface area contributed by atoms with Crippen LogP contribution in [-0.2, 0) is 12.8 Å². The van der Waals surface area contributed by atoms with E-state index in [4.69, 9.17) is 4.74 Å². The Morgan fingerprint density at radius 1 is 1.14 bits per heavy atom. The molecule has 0 bridgehead atoms. The normalized spacial score (nSPS) is 10.5. The summed E-state index contributed by atoms with van der Waals surface area (Å²) in [5, 5.41) is 12.8. The molecular formula is C21H25N5O2. The van der Waals surface area contributed by atoms with Crippen LogP contribution in [0.25, 0.3) is 0 Å². The topological polar surface area (TPSA) is 91.9 Å². The van der Waals surface area contributed by atoms with Crippen molar-refractivity contribution in [1.29, 1.82) is 0 Å². The van der Waals surface area contributed by atoms with Gasteiger partial charge < -0.3 is 15.4 Å². The van der Waals surface area contributed by atoms with Crippen molar-refractivity contribution < 1.29 is 9.53 Å². The fourth-order valence-electron chi connectivity index (χ4n) is 2.73. The van der Waals surface area contributed by atoms with Gasteiger partial charge in [0.2, 0.25) is 0 Å². The van der Waals surface area contributed by atoms with Crippen LogP contribution < -0.4 is 15.4 Å². The summed E-state index contributed by atoms with van der Waals surface area (Å²) < 4.78 is 5.50. The third-order valence-corrected chi connectivity index (χ3v) is 4.14. The Hall–Kier alpha value is -3.35. The third kappa shape index (κ3) is 5.57. The van der Waals surface area contributed by atoms with E-state index in [2.05, 4.69) is 57.0 Å². The number of amides is 2. The van der Waals surface area contributed by atoms with Crippen LogP contribution in [0.4, 0.5) is 10.5 Å². The number of hydrogen-bond acceptors (Lipinski definition) is 4. The summed E-state index contributed by atoms with van der Waals surface area (Å²) in [5.41, 5.74) is 3.05. The van der Waals surface area contributed by atoms with E-state index >= 15 is 0 Å². The zero-order valence-corrected chi connectivity index (χ0v) is 16.2. The number of aromatic amines is 1. The summed E-state index contributed by atoms with van der Waals surface area (Å²) in [6.45, 7) is 4.94. The van der Waals surface area contributed by atoms with Crippen LogP contribution in [0.2, 0.25) is 0 Å². The molecule has 2 aromatic carbocycles. The molecule has 1 heterocycles. The first-order valence-electron chi connectivity index (χ1n) is 9.36. The molecule has 2 amide bonds. The van der Waals surface area contributed by atoms with E-state index in [-0.39, 0.29) is 6.03 Å². The van der Waals surface area contributed by atoms with Crippen molar-refractivity contribution in [2.45, 2.75) is 26.7 Å². The molecule has 7 heteroatoms. The predicted molar refractivity (Wildman–Crippen MR) is 109 cm³/mol. The van der Waals surface area contributed by atoms with Crippen LogP contribution in [0.15, 0.2) is 48.5 Å². The number of H-pyrrole nitrogens is 1. The summed E-state index contributed by atoms with van der Waals surface area (Å²) in [5.74, 6) is 2.14. The van der Waals surface area contributed by atoms with Crippen molar-refractivity contribution in [1.82, 2.24) is 20.5 Å². The minimum absolute atomic E-state index is 0.289. The molecule has 0 aliphatic carbocycles. The number of nitrogens with zero attached hydrogens (tertiary/aromatic N) is 2. The largest absolute Gasteiger partial charge is 0.492 e. The van der Waals surface area contributed by atoms with Crippen LogP contribution >= 0.6 is 0 Å². The van der Waals surface area contributed by atoms with E-state index in [1.54, 1.807) is 6.07 Å². The second-order valence-electron chi connectivity index (χ2n) is 6.42. The van der Waals surface area contributed by atoms with E-state index in [1.807, 2.05) is 25.1 Å². The van der Waals surface area contributed by atoms with E-state index in [0.717, 1.165) is 5.82 Å². The fourth-order valence-corrected chi connectivity index (χ4v) is 2.73. The highest BCUT2D eigenvalue weighted by atomic mass is 16.5. The zero-order chi connectivity index (χ0) is 19.8. The maximum Gasteiger partial charge on any atom is 0.319 e. The Balaban J connectivity index is 1.45. The number of carbonyl (C=O) groups is 1. The molecule has 0 fully saturated rings. The summed E-state index contributed by atoms with van der Waals surface area (Å²) in [6.07, 6.45) is 1.25. The van der Waals surface area contributed by atoms with E-state index < -0.39 is 0 Å². The number of ether oxygens (including phenoxy) is 1. The minimum Gasteiger partial charge on any atom is -0.492 e. The molecule has 3 N–H and O–H groups in total. The zero-order valence-electron chi connectivity index (χ0n) is 16.2. The van der Waals surface area contributed by atoms with E-state index in [0.29, 0.717) is 43.3 Å². The number of nitrogens with one attached hydrogen (secondary N) is 3. The molecule has 28 heavy (non-hydrogen) atoms. The van der Waals surface area contributed by atoms with Crippen LogP contribution in [0.3, 0.4) is 0 Å². The Labute approximate surface area is 164 Å². The molecule has 7 nitrogen and oxygen atoms in total. The van der Waals surface area contributed by atoms with Crippen LogP contribution in [0.5, 0.6) is 5.75 Å². The lowest BCUT2D eigenvalue weighted by molar-refractivity contribution is 0.252. The lowest BCUT2D eigenvalue weighted by Crippen LogP contribution is -2.30. The van der Waals surface area contributed by atoms with E-state index in [1.165, 1.54) is 11.1 Å². The average Bonchev–Trinajstić information content (AvgIpc) is 3.13. The molecule has 146 valence electrons. The molecule has 3 rings (SSSR count). The molecule has 0 aliphatic rings. The maximum absolute atomic E-state index is 12.1. The SMILES string of the molecule is CCOc1ccccc1NC(=O)NCCc1n[nH]c(Cc2ccc(C)cc2)n1. The lowest BCUT2D eigenvalue weighted by Gasteiger charge is -2.11. The minimum atomic E-state index is -0.289. The van der Waals surface area contributed by atoms with Crippen molar-refractivity contribution in [2.24, 2.45) is 0 Å². The second-order valence-corrected chi connectivity index (χ2v) is 6.42. The highest BCUT2D eigenvalue weighted by molar-refractivity contribution is 5.90. The smallest absolute Gasteiger partial charge is 0.319 e. The number of aryl methyl sites for hydroxylation is 1. The van der Waals surface area contributed by atoms with Gasteiger partial charge in [0, 0.05) is 19.4 Å². The monoisotopic (exact) mass is 379 g/mol. The molecule has 0 atom stereocenters. The molecule has 1 aromatic heterocycles. The second kappa shape index (κ2) is 9.55. The number of anilines is 1. The highest BCUT2D eigenvalue weighted by Crippen LogP contribution is 2.23. The summed E-state index contributed by atoms with van der Waals surface area (Å²) >= 11 is 0. The average molecular weight is 379 g/mol. The first kappa shape index (κ1) is 19.4. The summed E-state index contributed by atoms with van der Waals surface area (Å²) in [4.78, 5) is 16.6. The Bertz CT molecular complexity index is 905. The Kier molecular flexibility index (Phi) is 6.62. The first-order chi connectivity index (χ1) is 13.6. The van der Waals surface area contributed by atoms with Crippen molar-refractivity contribution in [3.63, 3.8) is 0 Å². The molecule has 0 aliphatic heterocycles. The van der Waals surface area contributed by atoms with Gasteiger partial charge in [-0.25, -0.2) is 9.78 Å². The molecule has 3 aromatic rings. The number of carbonyl (C=O) groups excluding carboxylic acids is 1. The van der Waals surface area contributed by atoms with Gasteiger partial charge in [0.15, 0.2) is 5.82 Å². The van der Waals surface area contributed by atoms with Gasteiger partial charge in [-0.2, -0.15) is 5.10 Å². The molecular weight excluding hydrogens is 354 g/mol. The van der Waals surface area contributed by atoms with Crippen molar-refractivity contribution in [3.05, 3.63) is 71.3 Å². The molecule has 0 unspecified atom stereocenters. The van der Waals surface area contributed by atoms with Crippen molar-refractivity contribution in [3.8, 4) is 5.75 Å². The van der Waals surface area contributed by atoms with Crippen molar-refractivity contribution >= 4 is 11.7 Å². The van der Waals surface area contributed by atoms with Gasteiger partial charge in [0.1, 0.15) is 11.6 Å². The van der Waals surface area contributed by atoms with Gasteiger partial charge in [-0.3, -0.25) is 5.10 Å². The Morgan fingerprint density at radius 3 is 2.71 bits per heavy atom. The molecule has 0 saturated heterocycles. The number of rotatable bonds is 8. The van der Waals surface area contributed by atoms with E-state index in [9.17, 15) is 4.79 Å². The molecule has 0 saturated carbocycles.